The van der Waals surface area contributed by atoms with Crippen molar-refractivity contribution in [3.8, 4) is 0 Å². The van der Waals surface area contributed by atoms with E-state index < -0.39 is 73.9 Å². The molecule has 0 aliphatic carbocycles. The fraction of sp³-hybridized carbons (Fsp3) is 0.500. The van der Waals surface area contributed by atoms with Crippen LogP contribution in [0.1, 0.15) is 19.3 Å². The van der Waals surface area contributed by atoms with Gasteiger partial charge in [-0.25, -0.2) is 28.1 Å². The van der Waals surface area contributed by atoms with Crippen LogP contribution in [0.4, 0.5) is 0 Å². The molecule has 0 amide bonds. The molecule has 0 spiro atoms. The van der Waals surface area contributed by atoms with Crippen LogP contribution >= 0.6 is 0 Å². The van der Waals surface area contributed by atoms with E-state index in [0.717, 1.165) is 0 Å². The van der Waals surface area contributed by atoms with Gasteiger partial charge in [-0.1, -0.05) is 0 Å². The van der Waals surface area contributed by atoms with Crippen LogP contribution in [0, 0.1) is 0 Å². The molecule has 0 aliphatic rings. The minimum atomic E-state index is -1.56. The van der Waals surface area contributed by atoms with Crippen molar-refractivity contribution in [2.45, 2.75) is 38.9 Å². The predicted molar refractivity (Wildman–Crippen MR) is 68.1 cm³/mol. The molecular weight excluding hydrogens is 330 g/mol. The molecule has 1 heterocycles. The maximum Gasteiger partial charge on any atom is 0.336 e. The van der Waals surface area contributed by atoms with Crippen LogP contribution in [-0.2, 0) is 34.0 Å². The van der Waals surface area contributed by atoms with Gasteiger partial charge in [0.2, 0.25) is 0 Å². The minimum absolute atomic E-state index is 0.391. The Labute approximate surface area is 132 Å². The Morgan fingerprint density at radius 3 is 0.958 bits per heavy atom. The van der Waals surface area contributed by atoms with Crippen LogP contribution in [0.2, 0.25) is 0 Å². The van der Waals surface area contributed by atoms with Crippen molar-refractivity contribution < 1.29 is 29.7 Å². The lowest BCUT2D eigenvalue weighted by Crippen LogP contribution is -2.55. The molecule has 1 rings (SSSR count). The van der Waals surface area contributed by atoms with E-state index in [1.807, 2.05) is 0 Å². The van der Waals surface area contributed by atoms with Crippen LogP contribution in [0.3, 0.4) is 0 Å². The fourth-order valence-electron chi connectivity index (χ4n) is 1.87. The quantitative estimate of drug-likeness (QED) is 0.420. The predicted octanol–water partition coefficient (Wildman–Crippen LogP) is -6.41. The van der Waals surface area contributed by atoms with Gasteiger partial charge in [0.05, 0.1) is 0 Å². The number of rotatable bonds is 9. The molecule has 0 fully saturated rings. The number of carbonyl (C=O) groups is 3. The molecule has 0 bridgehead atoms. The highest BCUT2D eigenvalue weighted by atomic mass is 16.4. The van der Waals surface area contributed by atoms with Crippen LogP contribution in [0.5, 0.6) is 0 Å². The van der Waals surface area contributed by atoms with E-state index in [-0.39, 0.29) is 0 Å². The molecule has 1 aromatic rings. The first-order chi connectivity index (χ1) is 11.1. The third-order valence-corrected chi connectivity index (χ3v) is 3.00. The minimum Gasteiger partial charge on any atom is -0.550 e. The van der Waals surface area contributed by atoms with Crippen molar-refractivity contribution in [3.05, 3.63) is 31.5 Å². The van der Waals surface area contributed by atoms with Gasteiger partial charge in [0.15, 0.2) is 0 Å². The summed E-state index contributed by atoms with van der Waals surface area (Å²) in [6, 6.07) is 0. The molecule has 24 heavy (non-hydrogen) atoms. The van der Waals surface area contributed by atoms with Crippen LogP contribution < -0.4 is 32.4 Å². The average Bonchev–Trinajstić information content (AvgIpc) is 2.45. The molecular formula is C12H12N3O9-3. The Morgan fingerprint density at radius 2 is 0.792 bits per heavy atom. The van der Waals surface area contributed by atoms with E-state index in [0.29, 0.717) is 13.7 Å². The fourth-order valence-corrected chi connectivity index (χ4v) is 1.87. The number of aromatic nitrogens is 3. The van der Waals surface area contributed by atoms with Crippen molar-refractivity contribution in [1.82, 2.24) is 13.7 Å². The van der Waals surface area contributed by atoms with E-state index in [2.05, 4.69) is 0 Å². The summed E-state index contributed by atoms with van der Waals surface area (Å²) >= 11 is 0. The van der Waals surface area contributed by atoms with E-state index in [1.165, 1.54) is 0 Å². The summed E-state index contributed by atoms with van der Waals surface area (Å²) in [5.74, 6) is -4.68. The first kappa shape index (κ1) is 18.9. The van der Waals surface area contributed by atoms with Gasteiger partial charge in [0.1, 0.15) is 0 Å². The third kappa shape index (κ3) is 4.66. The summed E-state index contributed by atoms with van der Waals surface area (Å²) in [7, 11) is 0. The van der Waals surface area contributed by atoms with Gasteiger partial charge in [-0.15, -0.1) is 0 Å². The van der Waals surface area contributed by atoms with Crippen LogP contribution in [0.15, 0.2) is 14.4 Å². The maximum atomic E-state index is 12.1. The summed E-state index contributed by atoms with van der Waals surface area (Å²) in [6.07, 6.45) is -2.14. The monoisotopic (exact) mass is 342 g/mol. The zero-order chi connectivity index (χ0) is 18.4. The topological polar surface area (TPSA) is 186 Å². The van der Waals surface area contributed by atoms with Gasteiger partial charge < -0.3 is 29.7 Å². The number of carbonyl (C=O) groups excluding carboxylic acids is 3. The second-order valence-corrected chi connectivity index (χ2v) is 4.67. The molecule has 12 nitrogen and oxygen atoms in total. The van der Waals surface area contributed by atoms with Crippen LogP contribution in [-0.4, -0.2) is 31.6 Å². The van der Waals surface area contributed by atoms with Crippen LogP contribution in [0.25, 0.3) is 0 Å². The second kappa shape index (κ2) is 7.89. The standard InChI is InChI=1S/C12H15N3O9/c16-7(17)1-4-13-10(22)14(5-2-8(18)19)12(24)15(11(13)23)6-3-9(20)21/h1-6H2,(H,16,17)(H,18,19)(H,20,21)/p-3. The second-order valence-electron chi connectivity index (χ2n) is 4.67. The highest BCUT2D eigenvalue weighted by molar-refractivity contribution is 5.64. The lowest BCUT2D eigenvalue weighted by atomic mass is 10.4. The number of nitrogens with zero attached hydrogens (tertiary/aromatic N) is 3. The molecule has 0 saturated heterocycles. The zero-order valence-corrected chi connectivity index (χ0v) is 12.3. The summed E-state index contributed by atoms with van der Waals surface area (Å²) < 4.78 is 1.17. The van der Waals surface area contributed by atoms with Gasteiger partial charge in [-0.3, -0.25) is 0 Å². The van der Waals surface area contributed by atoms with E-state index >= 15 is 0 Å². The summed E-state index contributed by atoms with van der Waals surface area (Å²) in [6.45, 7) is -1.88. The lowest BCUT2D eigenvalue weighted by Gasteiger charge is -2.14. The summed E-state index contributed by atoms with van der Waals surface area (Å²) in [4.78, 5) is 67.7. The smallest absolute Gasteiger partial charge is 0.336 e. The third-order valence-electron chi connectivity index (χ3n) is 3.00. The number of hydrogen-bond acceptors (Lipinski definition) is 9. The molecule has 12 heteroatoms. The van der Waals surface area contributed by atoms with Crippen molar-refractivity contribution in [2.75, 3.05) is 0 Å². The summed E-state index contributed by atoms with van der Waals surface area (Å²) in [5, 5.41) is 31.5. The lowest BCUT2D eigenvalue weighted by molar-refractivity contribution is -0.307. The molecule has 1 aromatic heterocycles. The summed E-state index contributed by atoms with van der Waals surface area (Å²) in [5.41, 5.74) is -3.63. The van der Waals surface area contributed by atoms with Crippen molar-refractivity contribution in [2.24, 2.45) is 0 Å². The largest absolute Gasteiger partial charge is 0.550 e. The SMILES string of the molecule is O=C([O-])CCn1c(=O)n(CCC(=O)[O-])c(=O)n(CCC(=O)[O-])c1=O. The Morgan fingerprint density at radius 1 is 0.583 bits per heavy atom. The van der Waals surface area contributed by atoms with E-state index in [1.54, 1.807) is 0 Å². The number of carboxylic acid groups (broad SMARTS) is 3. The first-order valence-electron chi connectivity index (χ1n) is 6.69. The molecule has 0 aromatic carbocycles. The van der Waals surface area contributed by atoms with Gasteiger partial charge in [0.25, 0.3) is 0 Å². The highest BCUT2D eigenvalue weighted by Gasteiger charge is 2.15. The van der Waals surface area contributed by atoms with Crippen molar-refractivity contribution in [3.63, 3.8) is 0 Å². The Hall–Kier alpha value is -3.18. The maximum absolute atomic E-state index is 12.1. The van der Waals surface area contributed by atoms with Crippen molar-refractivity contribution in [1.29, 1.82) is 0 Å². The normalized spacial score (nSPS) is 10.5. The zero-order valence-electron chi connectivity index (χ0n) is 12.3. The Balaban J connectivity index is 3.45. The molecule has 0 N–H and O–H groups in total. The molecule has 0 radical (unpaired) electrons. The number of aliphatic carboxylic acids is 3. The number of hydrogen-bond donors (Lipinski definition) is 0. The Bertz CT molecular complexity index is 690. The average molecular weight is 342 g/mol. The first-order valence-corrected chi connectivity index (χ1v) is 6.69. The van der Waals surface area contributed by atoms with Gasteiger partial charge in [-0.2, -0.15) is 0 Å². The highest BCUT2D eigenvalue weighted by Crippen LogP contribution is 1.86. The number of carboxylic acids is 3. The molecule has 132 valence electrons. The molecule has 0 aliphatic heterocycles. The van der Waals surface area contributed by atoms with E-state index in [4.69, 9.17) is 0 Å². The molecule has 0 unspecified atom stereocenters. The van der Waals surface area contributed by atoms with Gasteiger partial charge in [-0.05, 0) is 0 Å². The van der Waals surface area contributed by atoms with Crippen molar-refractivity contribution >= 4 is 17.9 Å². The van der Waals surface area contributed by atoms with Gasteiger partial charge >= 0.3 is 17.1 Å². The van der Waals surface area contributed by atoms with E-state index in [9.17, 15) is 44.1 Å². The Kier molecular flexibility index (Phi) is 6.21. The molecule has 0 atom stereocenters. The molecule has 0 saturated carbocycles. The van der Waals surface area contributed by atoms with Gasteiger partial charge in [0, 0.05) is 56.8 Å².